The van der Waals surface area contributed by atoms with Gasteiger partial charge >= 0.3 is 0 Å². The normalized spacial score (nSPS) is 15.6. The summed E-state index contributed by atoms with van der Waals surface area (Å²) in [7, 11) is 2.23. The molecule has 1 unspecified atom stereocenters. The van der Waals surface area contributed by atoms with Crippen LogP contribution in [0, 0.1) is 11.3 Å². The first-order valence-electron chi connectivity index (χ1n) is 8.51. The quantitative estimate of drug-likeness (QED) is 0.649. The Morgan fingerprint density at radius 3 is 2.05 bits per heavy atom. The highest BCUT2D eigenvalue weighted by Crippen LogP contribution is 2.31. The van der Waals surface area contributed by atoms with Crippen molar-refractivity contribution in [1.29, 1.82) is 0 Å². The molecule has 0 aliphatic rings. The first-order chi connectivity index (χ1) is 9.35. The zero-order chi connectivity index (χ0) is 16.9. The largest absolute Gasteiger partial charge is 0.330 e. The maximum Gasteiger partial charge on any atom is 0.0155 e. The molecular weight excluding hydrogens is 258 g/mol. The maximum absolute atomic E-state index is 5.77. The fourth-order valence-corrected chi connectivity index (χ4v) is 2.76. The van der Waals surface area contributed by atoms with Gasteiger partial charge in [-0.1, -0.05) is 27.7 Å². The zero-order valence-electron chi connectivity index (χ0n) is 16.1. The van der Waals surface area contributed by atoms with E-state index >= 15 is 0 Å². The highest BCUT2D eigenvalue weighted by molar-refractivity contribution is 4.89. The molecule has 0 fully saturated rings. The predicted octanol–water partition coefficient (Wildman–Crippen LogP) is 3.49. The van der Waals surface area contributed by atoms with E-state index in [1.165, 1.54) is 6.42 Å². The zero-order valence-corrected chi connectivity index (χ0v) is 16.1. The molecule has 0 aromatic heterocycles. The van der Waals surface area contributed by atoms with Crippen LogP contribution < -0.4 is 11.1 Å². The Morgan fingerprint density at radius 2 is 1.62 bits per heavy atom. The van der Waals surface area contributed by atoms with E-state index in [4.69, 9.17) is 5.73 Å². The summed E-state index contributed by atoms with van der Waals surface area (Å²) in [5.74, 6) is 0.550. The summed E-state index contributed by atoms with van der Waals surface area (Å²) < 4.78 is 0. The molecule has 0 radical (unpaired) electrons. The molecule has 0 aliphatic carbocycles. The lowest BCUT2D eigenvalue weighted by molar-refractivity contribution is 0.0809. The van der Waals surface area contributed by atoms with E-state index in [1.54, 1.807) is 0 Å². The summed E-state index contributed by atoms with van der Waals surface area (Å²) in [4.78, 5) is 2.47. The molecule has 0 bridgehead atoms. The molecule has 0 saturated carbocycles. The minimum absolute atomic E-state index is 0.185. The molecule has 21 heavy (non-hydrogen) atoms. The Morgan fingerprint density at radius 1 is 1.10 bits per heavy atom. The monoisotopic (exact) mass is 299 g/mol. The smallest absolute Gasteiger partial charge is 0.0155 e. The number of nitrogens with two attached hydrogens (primary N) is 1. The summed E-state index contributed by atoms with van der Waals surface area (Å²) in [6.07, 6.45) is 2.32. The highest BCUT2D eigenvalue weighted by atomic mass is 15.2. The van der Waals surface area contributed by atoms with Crippen LogP contribution in [0.25, 0.3) is 0 Å². The van der Waals surface area contributed by atoms with Crippen molar-refractivity contribution in [1.82, 2.24) is 10.2 Å². The topological polar surface area (TPSA) is 41.3 Å². The van der Waals surface area contributed by atoms with Crippen LogP contribution in [0.5, 0.6) is 0 Å². The Labute approximate surface area is 134 Å². The second-order valence-electron chi connectivity index (χ2n) is 8.97. The van der Waals surface area contributed by atoms with Gasteiger partial charge in [-0.25, -0.2) is 0 Å². The van der Waals surface area contributed by atoms with E-state index in [9.17, 15) is 0 Å². The molecule has 3 N–H and O–H groups in total. The number of nitrogens with zero attached hydrogens (tertiary/aromatic N) is 1. The van der Waals surface area contributed by atoms with Crippen molar-refractivity contribution in [2.45, 2.75) is 79.3 Å². The molecule has 3 heteroatoms. The highest BCUT2D eigenvalue weighted by Gasteiger charge is 2.33. The van der Waals surface area contributed by atoms with Gasteiger partial charge < -0.3 is 16.0 Å². The van der Waals surface area contributed by atoms with Crippen LogP contribution in [0.2, 0.25) is 0 Å². The molecule has 0 heterocycles. The van der Waals surface area contributed by atoms with Crippen LogP contribution in [-0.4, -0.2) is 42.7 Å². The summed E-state index contributed by atoms with van der Waals surface area (Å²) in [5, 5.41) is 3.72. The Bertz CT molecular complexity index is 295. The van der Waals surface area contributed by atoms with E-state index < -0.39 is 0 Å². The van der Waals surface area contributed by atoms with Crippen molar-refractivity contribution in [3.8, 4) is 0 Å². The Hall–Kier alpha value is -0.120. The molecule has 0 spiro atoms. The van der Waals surface area contributed by atoms with Gasteiger partial charge in [0.25, 0.3) is 0 Å². The van der Waals surface area contributed by atoms with Gasteiger partial charge in [0.05, 0.1) is 0 Å². The van der Waals surface area contributed by atoms with Crippen LogP contribution in [0.3, 0.4) is 0 Å². The summed E-state index contributed by atoms with van der Waals surface area (Å²) in [6.45, 7) is 21.3. The van der Waals surface area contributed by atoms with Gasteiger partial charge in [0, 0.05) is 24.2 Å². The van der Waals surface area contributed by atoms with Gasteiger partial charge in [-0.05, 0) is 65.5 Å². The van der Waals surface area contributed by atoms with E-state index in [2.05, 4.69) is 72.7 Å². The first kappa shape index (κ1) is 20.9. The minimum atomic E-state index is 0.185. The van der Waals surface area contributed by atoms with E-state index in [0.29, 0.717) is 5.92 Å². The van der Waals surface area contributed by atoms with Crippen molar-refractivity contribution < 1.29 is 0 Å². The van der Waals surface area contributed by atoms with Crippen molar-refractivity contribution in [3.63, 3.8) is 0 Å². The molecule has 0 aromatic carbocycles. The molecule has 0 rings (SSSR count). The minimum Gasteiger partial charge on any atom is -0.330 e. The maximum atomic E-state index is 5.77. The lowest BCUT2D eigenvalue weighted by Crippen LogP contribution is -2.50. The molecule has 128 valence electrons. The third-order valence-electron chi connectivity index (χ3n) is 4.86. The predicted molar refractivity (Wildman–Crippen MR) is 95.7 cm³/mol. The summed E-state index contributed by atoms with van der Waals surface area (Å²) >= 11 is 0. The van der Waals surface area contributed by atoms with E-state index in [-0.39, 0.29) is 16.5 Å². The van der Waals surface area contributed by atoms with Crippen LogP contribution in [0.1, 0.15) is 68.2 Å². The van der Waals surface area contributed by atoms with Gasteiger partial charge in [-0.15, -0.1) is 0 Å². The number of hydrogen-bond acceptors (Lipinski definition) is 3. The third-order valence-corrected chi connectivity index (χ3v) is 4.86. The van der Waals surface area contributed by atoms with Crippen molar-refractivity contribution in [2.24, 2.45) is 17.1 Å². The van der Waals surface area contributed by atoms with Gasteiger partial charge in [0.2, 0.25) is 0 Å². The van der Waals surface area contributed by atoms with Crippen LogP contribution in [-0.2, 0) is 0 Å². The lowest BCUT2D eigenvalue weighted by atomic mass is 9.78. The second kappa shape index (κ2) is 7.94. The van der Waals surface area contributed by atoms with Crippen molar-refractivity contribution in [3.05, 3.63) is 0 Å². The van der Waals surface area contributed by atoms with Gasteiger partial charge in [-0.2, -0.15) is 0 Å². The van der Waals surface area contributed by atoms with Crippen LogP contribution >= 0.6 is 0 Å². The molecule has 0 amide bonds. The molecule has 3 nitrogen and oxygen atoms in total. The van der Waals surface area contributed by atoms with Gasteiger partial charge in [-0.3, -0.25) is 0 Å². The average Bonchev–Trinajstić information content (AvgIpc) is 2.35. The fraction of sp³-hybridized carbons (Fsp3) is 1.00. The molecular formula is C18H41N3. The Balaban J connectivity index is 4.59. The third kappa shape index (κ3) is 8.18. The van der Waals surface area contributed by atoms with E-state index in [1.807, 2.05) is 0 Å². The second-order valence-corrected chi connectivity index (χ2v) is 8.97. The van der Waals surface area contributed by atoms with Crippen LogP contribution in [0.4, 0.5) is 0 Å². The van der Waals surface area contributed by atoms with E-state index in [0.717, 1.165) is 26.1 Å². The summed E-state index contributed by atoms with van der Waals surface area (Å²) in [6, 6.07) is 0. The average molecular weight is 300 g/mol. The fourth-order valence-electron chi connectivity index (χ4n) is 2.76. The SMILES string of the molecule is CCC(C)(C)NCC(C)(C)CC(C)(C)N(C)CC(C)CN. The van der Waals surface area contributed by atoms with Crippen molar-refractivity contribution >= 4 is 0 Å². The first-order valence-corrected chi connectivity index (χ1v) is 8.51. The molecule has 0 aliphatic heterocycles. The molecule has 0 aromatic rings. The number of nitrogens with one attached hydrogen (secondary N) is 1. The van der Waals surface area contributed by atoms with Crippen molar-refractivity contribution in [2.75, 3.05) is 26.7 Å². The molecule has 0 saturated heterocycles. The van der Waals surface area contributed by atoms with Gasteiger partial charge in [0.1, 0.15) is 0 Å². The number of hydrogen-bond donors (Lipinski definition) is 2. The standard InChI is InChI=1S/C18H41N3/c1-10-17(5,6)20-14-16(3,4)13-18(7,8)21(9)12-15(2)11-19/h15,20H,10-14,19H2,1-9H3. The van der Waals surface area contributed by atoms with Crippen LogP contribution in [0.15, 0.2) is 0 Å². The summed E-state index contributed by atoms with van der Waals surface area (Å²) in [5.41, 5.74) is 6.45. The number of rotatable bonds is 10. The van der Waals surface area contributed by atoms with Gasteiger partial charge in [0.15, 0.2) is 0 Å². The molecule has 1 atom stereocenters. The Kier molecular flexibility index (Phi) is 7.89. The lowest BCUT2D eigenvalue weighted by Gasteiger charge is -2.43.